The van der Waals surface area contributed by atoms with E-state index in [1.807, 2.05) is 13.0 Å². The Morgan fingerprint density at radius 2 is 2.05 bits per heavy atom. The number of aryl methyl sites for hydroxylation is 2. The lowest BCUT2D eigenvalue weighted by Crippen LogP contribution is -2.07. The SMILES string of the molecule is Cc1cc([N+](=O)[O-])c(C)cc1Oc1ncccc1[C@H](C)N. The van der Waals surface area contributed by atoms with Crippen molar-refractivity contribution >= 4 is 5.69 Å². The Kier molecular flexibility index (Phi) is 4.18. The number of nitro groups is 1. The van der Waals surface area contributed by atoms with E-state index in [1.165, 1.54) is 6.07 Å². The van der Waals surface area contributed by atoms with Crippen LogP contribution < -0.4 is 10.5 Å². The molecule has 0 bridgehead atoms. The fourth-order valence-corrected chi connectivity index (χ4v) is 2.02. The van der Waals surface area contributed by atoms with E-state index in [0.29, 0.717) is 22.8 Å². The Morgan fingerprint density at radius 3 is 2.67 bits per heavy atom. The summed E-state index contributed by atoms with van der Waals surface area (Å²) in [6.45, 7) is 5.28. The average molecular weight is 287 g/mol. The zero-order valence-electron chi connectivity index (χ0n) is 12.2. The van der Waals surface area contributed by atoms with Crippen LogP contribution in [-0.2, 0) is 0 Å². The molecule has 0 radical (unpaired) electrons. The van der Waals surface area contributed by atoms with E-state index in [1.54, 1.807) is 32.2 Å². The number of nitrogens with zero attached hydrogens (tertiary/aromatic N) is 2. The van der Waals surface area contributed by atoms with Gasteiger partial charge in [0.25, 0.3) is 5.69 Å². The third kappa shape index (κ3) is 3.17. The quantitative estimate of drug-likeness (QED) is 0.687. The summed E-state index contributed by atoms with van der Waals surface area (Å²) in [4.78, 5) is 14.7. The third-order valence-corrected chi connectivity index (χ3v) is 3.19. The van der Waals surface area contributed by atoms with Crippen molar-refractivity contribution in [1.82, 2.24) is 4.98 Å². The second kappa shape index (κ2) is 5.88. The molecular weight excluding hydrogens is 270 g/mol. The second-order valence-electron chi connectivity index (χ2n) is 4.95. The lowest BCUT2D eigenvalue weighted by Gasteiger charge is -2.14. The van der Waals surface area contributed by atoms with E-state index in [4.69, 9.17) is 10.5 Å². The van der Waals surface area contributed by atoms with Gasteiger partial charge in [-0.05, 0) is 38.5 Å². The number of aromatic nitrogens is 1. The standard InChI is InChI=1S/C15H17N3O3/c1-9-8-14(10(2)7-13(9)18(19)20)21-15-12(11(3)16)5-4-6-17-15/h4-8,11H,16H2,1-3H3/t11-/m0/s1. The second-order valence-corrected chi connectivity index (χ2v) is 4.95. The number of ether oxygens (including phenoxy) is 1. The lowest BCUT2D eigenvalue weighted by atomic mass is 10.1. The Hall–Kier alpha value is -2.47. The summed E-state index contributed by atoms with van der Waals surface area (Å²) in [7, 11) is 0. The first-order chi connectivity index (χ1) is 9.90. The first-order valence-electron chi connectivity index (χ1n) is 6.54. The van der Waals surface area contributed by atoms with Gasteiger partial charge in [0.1, 0.15) is 5.75 Å². The minimum absolute atomic E-state index is 0.0771. The first-order valence-corrected chi connectivity index (χ1v) is 6.54. The summed E-state index contributed by atoms with van der Waals surface area (Å²) in [5, 5.41) is 10.9. The van der Waals surface area contributed by atoms with Crippen molar-refractivity contribution in [3.05, 3.63) is 57.3 Å². The highest BCUT2D eigenvalue weighted by atomic mass is 16.6. The van der Waals surface area contributed by atoms with Crippen LogP contribution in [0.15, 0.2) is 30.5 Å². The molecule has 2 aromatic rings. The molecule has 1 aromatic heterocycles. The fourth-order valence-electron chi connectivity index (χ4n) is 2.02. The van der Waals surface area contributed by atoms with Crippen molar-refractivity contribution in [2.24, 2.45) is 5.73 Å². The molecule has 0 unspecified atom stereocenters. The molecule has 0 saturated carbocycles. The molecule has 0 aliphatic heterocycles. The van der Waals surface area contributed by atoms with Crippen LogP contribution in [-0.4, -0.2) is 9.91 Å². The zero-order valence-corrected chi connectivity index (χ0v) is 12.2. The summed E-state index contributed by atoms with van der Waals surface area (Å²) in [6, 6.07) is 6.57. The summed E-state index contributed by atoms with van der Waals surface area (Å²) < 4.78 is 5.80. The van der Waals surface area contributed by atoms with Crippen LogP contribution in [0.1, 0.15) is 29.7 Å². The molecule has 0 aliphatic rings. The maximum atomic E-state index is 10.9. The zero-order chi connectivity index (χ0) is 15.6. The van der Waals surface area contributed by atoms with Crippen LogP contribution in [0.2, 0.25) is 0 Å². The van der Waals surface area contributed by atoms with Crippen molar-refractivity contribution in [2.75, 3.05) is 0 Å². The highest BCUT2D eigenvalue weighted by molar-refractivity contribution is 5.50. The van der Waals surface area contributed by atoms with E-state index in [-0.39, 0.29) is 11.7 Å². The van der Waals surface area contributed by atoms with Gasteiger partial charge in [-0.3, -0.25) is 10.1 Å². The molecule has 110 valence electrons. The van der Waals surface area contributed by atoms with Crippen molar-refractivity contribution in [3.8, 4) is 11.6 Å². The summed E-state index contributed by atoms with van der Waals surface area (Å²) >= 11 is 0. The summed E-state index contributed by atoms with van der Waals surface area (Å²) in [6.07, 6.45) is 1.62. The van der Waals surface area contributed by atoms with Gasteiger partial charge in [-0.25, -0.2) is 4.98 Å². The molecule has 0 fully saturated rings. The first kappa shape index (κ1) is 14.9. The Morgan fingerprint density at radius 1 is 1.33 bits per heavy atom. The van der Waals surface area contributed by atoms with Crippen LogP contribution in [0.3, 0.4) is 0 Å². The van der Waals surface area contributed by atoms with Gasteiger partial charge in [0.2, 0.25) is 5.88 Å². The minimum atomic E-state index is -0.403. The number of hydrogen-bond donors (Lipinski definition) is 1. The van der Waals surface area contributed by atoms with Crippen LogP contribution in [0.4, 0.5) is 5.69 Å². The van der Waals surface area contributed by atoms with Crippen LogP contribution in [0, 0.1) is 24.0 Å². The predicted octanol–water partition coefficient (Wildman–Crippen LogP) is 3.42. The average Bonchev–Trinajstić information content (AvgIpc) is 2.42. The Labute approximate surface area is 122 Å². The Balaban J connectivity index is 2.41. The molecule has 1 aromatic carbocycles. The molecule has 6 nitrogen and oxygen atoms in total. The number of rotatable bonds is 4. The number of benzene rings is 1. The topological polar surface area (TPSA) is 91.3 Å². The molecule has 6 heteroatoms. The molecule has 21 heavy (non-hydrogen) atoms. The van der Waals surface area contributed by atoms with E-state index in [2.05, 4.69) is 4.98 Å². The summed E-state index contributed by atoms with van der Waals surface area (Å²) in [5.41, 5.74) is 7.97. The van der Waals surface area contributed by atoms with Gasteiger partial charge in [0, 0.05) is 29.4 Å². The Bertz CT molecular complexity index is 684. The van der Waals surface area contributed by atoms with Gasteiger partial charge in [-0.2, -0.15) is 0 Å². The van der Waals surface area contributed by atoms with Gasteiger partial charge in [0.15, 0.2) is 0 Å². The smallest absolute Gasteiger partial charge is 0.272 e. The van der Waals surface area contributed by atoms with E-state index in [9.17, 15) is 10.1 Å². The number of nitrogens with two attached hydrogens (primary N) is 1. The predicted molar refractivity (Wildman–Crippen MR) is 79.5 cm³/mol. The van der Waals surface area contributed by atoms with Gasteiger partial charge in [-0.15, -0.1) is 0 Å². The van der Waals surface area contributed by atoms with Gasteiger partial charge in [-0.1, -0.05) is 6.07 Å². The van der Waals surface area contributed by atoms with Crippen molar-refractivity contribution in [1.29, 1.82) is 0 Å². The van der Waals surface area contributed by atoms with Crippen molar-refractivity contribution in [3.63, 3.8) is 0 Å². The van der Waals surface area contributed by atoms with Gasteiger partial charge in [0.05, 0.1) is 4.92 Å². The normalized spacial score (nSPS) is 12.0. The number of nitro benzene ring substituents is 1. The van der Waals surface area contributed by atoms with E-state index < -0.39 is 4.92 Å². The molecule has 2 rings (SSSR count). The maximum Gasteiger partial charge on any atom is 0.272 e. The largest absolute Gasteiger partial charge is 0.438 e. The highest BCUT2D eigenvalue weighted by Crippen LogP contribution is 2.32. The molecule has 0 saturated heterocycles. The van der Waals surface area contributed by atoms with Crippen LogP contribution in [0.5, 0.6) is 11.6 Å². The van der Waals surface area contributed by atoms with Crippen LogP contribution >= 0.6 is 0 Å². The minimum Gasteiger partial charge on any atom is -0.438 e. The molecule has 1 heterocycles. The monoisotopic (exact) mass is 287 g/mol. The summed E-state index contributed by atoms with van der Waals surface area (Å²) in [5.74, 6) is 0.961. The fraction of sp³-hybridized carbons (Fsp3) is 0.267. The number of hydrogen-bond acceptors (Lipinski definition) is 5. The lowest BCUT2D eigenvalue weighted by molar-refractivity contribution is -0.385. The van der Waals surface area contributed by atoms with Crippen molar-refractivity contribution in [2.45, 2.75) is 26.8 Å². The molecule has 0 spiro atoms. The van der Waals surface area contributed by atoms with E-state index >= 15 is 0 Å². The molecule has 1 atom stereocenters. The molecule has 0 amide bonds. The van der Waals surface area contributed by atoms with Crippen LogP contribution in [0.25, 0.3) is 0 Å². The number of pyridine rings is 1. The van der Waals surface area contributed by atoms with Gasteiger partial charge < -0.3 is 10.5 Å². The maximum absolute atomic E-state index is 10.9. The molecule has 2 N–H and O–H groups in total. The van der Waals surface area contributed by atoms with E-state index in [0.717, 1.165) is 5.56 Å². The van der Waals surface area contributed by atoms with Gasteiger partial charge >= 0.3 is 0 Å². The third-order valence-electron chi connectivity index (χ3n) is 3.19. The molecule has 0 aliphatic carbocycles. The molecular formula is C15H17N3O3. The van der Waals surface area contributed by atoms with Crippen molar-refractivity contribution < 1.29 is 9.66 Å². The highest BCUT2D eigenvalue weighted by Gasteiger charge is 2.16.